The summed E-state index contributed by atoms with van der Waals surface area (Å²) in [6.07, 6.45) is 3.65. The Morgan fingerprint density at radius 3 is 2.20 bits per heavy atom. The molecule has 0 amide bonds. The second-order valence-corrected chi connectivity index (χ2v) is 6.28. The molecule has 2 unspecified atom stereocenters. The molecule has 1 aromatic carbocycles. The lowest BCUT2D eigenvalue weighted by Gasteiger charge is -2.37. The molecule has 2 saturated heterocycles. The van der Waals surface area contributed by atoms with Crippen LogP contribution in [0.15, 0.2) is 30.3 Å². The summed E-state index contributed by atoms with van der Waals surface area (Å²) in [6, 6.07) is 10.4. The Morgan fingerprint density at radius 1 is 1.00 bits per heavy atom. The first-order chi connectivity index (χ1) is 9.71. The van der Waals surface area contributed by atoms with Gasteiger partial charge >= 0.3 is 6.16 Å². The van der Waals surface area contributed by atoms with Gasteiger partial charge in [-0.1, -0.05) is 30.3 Å². The molecular formula is C16H19NO3. The van der Waals surface area contributed by atoms with E-state index in [1.807, 2.05) is 6.07 Å². The first kappa shape index (κ1) is 12.2. The van der Waals surface area contributed by atoms with Crippen LogP contribution in [0.25, 0.3) is 0 Å². The lowest BCUT2D eigenvalue weighted by molar-refractivity contribution is -0.0404. The van der Waals surface area contributed by atoms with E-state index in [9.17, 15) is 4.79 Å². The highest BCUT2D eigenvalue weighted by atomic mass is 16.8. The smallest absolute Gasteiger partial charge is 0.422 e. The number of hydrogen-bond acceptors (Lipinski definition) is 4. The van der Waals surface area contributed by atoms with Gasteiger partial charge in [0.05, 0.1) is 0 Å². The van der Waals surface area contributed by atoms with Gasteiger partial charge < -0.3 is 9.47 Å². The van der Waals surface area contributed by atoms with Gasteiger partial charge in [-0.25, -0.2) is 4.79 Å². The van der Waals surface area contributed by atoms with Crippen LogP contribution >= 0.6 is 0 Å². The van der Waals surface area contributed by atoms with Crippen molar-refractivity contribution >= 4 is 6.16 Å². The monoisotopic (exact) mass is 273 g/mol. The topological polar surface area (TPSA) is 38.8 Å². The molecule has 20 heavy (non-hydrogen) atoms. The van der Waals surface area contributed by atoms with E-state index in [1.165, 1.54) is 5.56 Å². The van der Waals surface area contributed by atoms with E-state index in [0.717, 1.165) is 45.3 Å². The zero-order valence-electron chi connectivity index (χ0n) is 11.5. The van der Waals surface area contributed by atoms with Gasteiger partial charge in [0.25, 0.3) is 0 Å². The molecule has 1 aromatic rings. The maximum atomic E-state index is 11.6. The van der Waals surface area contributed by atoms with Crippen molar-refractivity contribution in [1.82, 2.24) is 4.90 Å². The quantitative estimate of drug-likeness (QED) is 0.777. The molecule has 4 nitrogen and oxygen atoms in total. The van der Waals surface area contributed by atoms with Crippen molar-refractivity contribution in [3.8, 4) is 0 Å². The maximum absolute atomic E-state index is 11.6. The van der Waals surface area contributed by atoms with E-state index in [0.29, 0.717) is 0 Å². The SMILES string of the molecule is O=C1OC23CCCCC2(CN(Cc2ccccc2)C3)O1. The standard InChI is InChI=1S/C16H19NO3/c18-14-19-15-8-4-5-9-16(15,20-14)12-17(11-15)10-13-6-2-1-3-7-13/h1-3,6-7H,4-5,8-12H2. The summed E-state index contributed by atoms with van der Waals surface area (Å²) in [5.41, 5.74) is 0.511. The fourth-order valence-electron chi connectivity index (χ4n) is 4.15. The molecule has 106 valence electrons. The number of benzene rings is 1. The summed E-state index contributed by atoms with van der Waals surface area (Å²) in [7, 11) is 0. The molecule has 4 heteroatoms. The van der Waals surface area contributed by atoms with Crippen LogP contribution < -0.4 is 0 Å². The Morgan fingerprint density at radius 2 is 1.60 bits per heavy atom. The Bertz CT molecular complexity index is 506. The summed E-state index contributed by atoms with van der Waals surface area (Å²) < 4.78 is 11.3. The van der Waals surface area contributed by atoms with Gasteiger partial charge in [-0.15, -0.1) is 0 Å². The van der Waals surface area contributed by atoms with E-state index in [4.69, 9.17) is 9.47 Å². The molecule has 1 aliphatic carbocycles. The van der Waals surface area contributed by atoms with Crippen molar-refractivity contribution in [1.29, 1.82) is 0 Å². The lowest BCUT2D eigenvalue weighted by atomic mass is 9.74. The zero-order valence-corrected chi connectivity index (χ0v) is 11.5. The third-order valence-electron chi connectivity index (χ3n) is 5.01. The van der Waals surface area contributed by atoms with Crippen LogP contribution in [0.4, 0.5) is 4.79 Å². The van der Waals surface area contributed by atoms with Crippen LogP contribution in [0.5, 0.6) is 0 Å². The minimum absolute atomic E-state index is 0.392. The molecule has 1 saturated carbocycles. The Balaban J connectivity index is 1.58. The van der Waals surface area contributed by atoms with Crippen LogP contribution in [-0.4, -0.2) is 35.3 Å². The van der Waals surface area contributed by atoms with Crippen LogP contribution in [0.3, 0.4) is 0 Å². The van der Waals surface area contributed by atoms with Crippen LogP contribution in [-0.2, 0) is 16.0 Å². The van der Waals surface area contributed by atoms with Gasteiger partial charge in [-0.3, -0.25) is 4.90 Å². The number of likely N-dealkylation sites (tertiary alicyclic amines) is 1. The highest BCUT2D eigenvalue weighted by molar-refractivity contribution is 5.65. The third-order valence-corrected chi connectivity index (χ3v) is 5.01. The van der Waals surface area contributed by atoms with Gasteiger partial charge in [0.15, 0.2) is 11.2 Å². The van der Waals surface area contributed by atoms with Crippen LogP contribution in [0.1, 0.15) is 31.2 Å². The summed E-state index contributed by atoms with van der Waals surface area (Å²) in [5.74, 6) is 0. The normalized spacial score (nSPS) is 36.1. The van der Waals surface area contributed by atoms with Crippen molar-refractivity contribution < 1.29 is 14.3 Å². The molecule has 0 aromatic heterocycles. The maximum Gasteiger partial charge on any atom is 0.509 e. The largest absolute Gasteiger partial charge is 0.509 e. The summed E-state index contributed by atoms with van der Waals surface area (Å²) >= 11 is 0. The fourth-order valence-corrected chi connectivity index (χ4v) is 4.15. The molecule has 3 fully saturated rings. The molecule has 0 radical (unpaired) electrons. The minimum atomic E-state index is -0.466. The number of carbonyl (C=O) groups excluding carboxylic acids is 1. The zero-order chi connectivity index (χ0) is 13.6. The van der Waals surface area contributed by atoms with E-state index >= 15 is 0 Å². The molecule has 2 atom stereocenters. The highest BCUT2D eigenvalue weighted by Crippen LogP contribution is 2.52. The van der Waals surface area contributed by atoms with E-state index < -0.39 is 17.4 Å². The number of nitrogens with zero attached hydrogens (tertiary/aromatic N) is 1. The van der Waals surface area contributed by atoms with Crippen LogP contribution in [0.2, 0.25) is 0 Å². The summed E-state index contributed by atoms with van der Waals surface area (Å²) in [4.78, 5) is 14.0. The second-order valence-electron chi connectivity index (χ2n) is 6.28. The van der Waals surface area contributed by atoms with Gasteiger partial charge in [-0.2, -0.15) is 0 Å². The van der Waals surface area contributed by atoms with Gasteiger partial charge in [0.1, 0.15) is 0 Å². The van der Waals surface area contributed by atoms with Crippen molar-refractivity contribution in [2.24, 2.45) is 0 Å². The van der Waals surface area contributed by atoms with Gasteiger partial charge in [0, 0.05) is 19.6 Å². The fraction of sp³-hybridized carbons (Fsp3) is 0.562. The second kappa shape index (κ2) is 4.22. The Kier molecular flexibility index (Phi) is 2.58. The molecule has 2 heterocycles. The average molecular weight is 273 g/mol. The predicted octanol–water partition coefficient (Wildman–Crippen LogP) is 2.72. The molecule has 0 N–H and O–H groups in total. The Hall–Kier alpha value is -1.55. The number of ether oxygens (including phenoxy) is 2. The molecule has 2 aliphatic heterocycles. The van der Waals surface area contributed by atoms with E-state index in [2.05, 4.69) is 29.2 Å². The van der Waals surface area contributed by atoms with Crippen LogP contribution in [0, 0.1) is 0 Å². The van der Waals surface area contributed by atoms with Crippen molar-refractivity contribution in [3.05, 3.63) is 35.9 Å². The molecule has 3 aliphatic rings. The summed E-state index contributed by atoms with van der Waals surface area (Å²) in [6.45, 7) is 2.49. The number of rotatable bonds is 2. The van der Waals surface area contributed by atoms with E-state index in [1.54, 1.807) is 0 Å². The lowest BCUT2D eigenvalue weighted by Crippen LogP contribution is -2.52. The third kappa shape index (κ3) is 1.67. The summed E-state index contributed by atoms with van der Waals surface area (Å²) in [5, 5.41) is 0. The molecule has 0 bridgehead atoms. The molecule has 0 spiro atoms. The van der Waals surface area contributed by atoms with Crippen molar-refractivity contribution in [2.45, 2.75) is 43.4 Å². The van der Waals surface area contributed by atoms with E-state index in [-0.39, 0.29) is 0 Å². The Labute approximate surface area is 118 Å². The molecular weight excluding hydrogens is 254 g/mol. The van der Waals surface area contributed by atoms with Gasteiger partial charge in [0.2, 0.25) is 0 Å². The highest BCUT2D eigenvalue weighted by Gasteiger charge is 2.68. The first-order valence-electron chi connectivity index (χ1n) is 7.40. The van der Waals surface area contributed by atoms with Gasteiger partial charge in [-0.05, 0) is 31.2 Å². The number of carbonyl (C=O) groups is 1. The van der Waals surface area contributed by atoms with Crippen molar-refractivity contribution in [2.75, 3.05) is 13.1 Å². The predicted molar refractivity (Wildman–Crippen MR) is 73.2 cm³/mol. The number of hydrogen-bond donors (Lipinski definition) is 0. The minimum Gasteiger partial charge on any atom is -0.422 e. The van der Waals surface area contributed by atoms with Crippen molar-refractivity contribution in [3.63, 3.8) is 0 Å². The molecule has 4 rings (SSSR count). The first-order valence-corrected chi connectivity index (χ1v) is 7.40. The average Bonchev–Trinajstić information content (AvgIpc) is 2.87.